The second-order valence-electron chi connectivity index (χ2n) is 15.0. The van der Waals surface area contributed by atoms with Gasteiger partial charge in [-0.2, -0.15) is 18.6 Å². The van der Waals surface area contributed by atoms with Crippen molar-refractivity contribution >= 4 is 73.1 Å². The number of fused-ring (bicyclic) bond motifs is 4. The van der Waals surface area contributed by atoms with Crippen LogP contribution in [0.15, 0.2) is 170 Å². The largest absolute Gasteiger partial charge is 0.492 e. The fraction of sp³-hybridized carbons (Fsp3) is 0.149. The predicted octanol–water partition coefficient (Wildman–Crippen LogP) is 8.13. The zero-order chi connectivity index (χ0) is 45.1. The van der Waals surface area contributed by atoms with Gasteiger partial charge in [0.1, 0.15) is 31.3 Å². The third-order valence-electron chi connectivity index (χ3n) is 10.3. The molecule has 0 aliphatic carbocycles. The number of nitrogens with zero attached hydrogens (tertiary/aromatic N) is 3. The van der Waals surface area contributed by atoms with Crippen molar-refractivity contribution in [3.05, 3.63) is 151 Å². The highest BCUT2D eigenvalue weighted by molar-refractivity contribution is 7.92. The lowest BCUT2D eigenvalue weighted by molar-refractivity contribution is 0.221. The van der Waals surface area contributed by atoms with Gasteiger partial charge >= 0.3 is 0 Å². The van der Waals surface area contributed by atoms with Gasteiger partial charge in [0.25, 0.3) is 10.1 Å². The first-order chi connectivity index (χ1) is 30.7. The molecule has 64 heavy (non-hydrogen) atoms. The highest BCUT2D eigenvalue weighted by Crippen LogP contribution is 2.34. The number of ether oxygens (including phenoxy) is 2. The van der Waals surface area contributed by atoms with Gasteiger partial charge in [0, 0.05) is 28.1 Å². The van der Waals surface area contributed by atoms with E-state index in [1.807, 2.05) is 74.4 Å². The van der Waals surface area contributed by atoms with Gasteiger partial charge in [-0.05, 0) is 92.5 Å². The molecule has 0 unspecified atom stereocenters. The maximum Gasteiger partial charge on any atom is 0.297 e. The molecular weight excluding hydrogens is 875 g/mol. The van der Waals surface area contributed by atoms with Gasteiger partial charge in [0.2, 0.25) is 19.7 Å². The topological polar surface area (TPSA) is 191 Å². The highest BCUT2D eigenvalue weighted by atomic mass is 32.2. The van der Waals surface area contributed by atoms with Crippen molar-refractivity contribution in [2.75, 3.05) is 40.5 Å². The van der Waals surface area contributed by atoms with Crippen LogP contribution in [0.3, 0.4) is 0 Å². The van der Waals surface area contributed by atoms with Gasteiger partial charge < -0.3 is 14.4 Å². The molecule has 0 aliphatic rings. The summed E-state index contributed by atoms with van der Waals surface area (Å²) in [5.41, 5.74) is 1.98. The molecule has 0 amide bonds. The lowest BCUT2D eigenvalue weighted by Crippen LogP contribution is -2.19. The van der Waals surface area contributed by atoms with Crippen LogP contribution in [0.25, 0.3) is 43.4 Å². The summed E-state index contributed by atoms with van der Waals surface area (Å²) in [5, 5.41) is 17.6. The third kappa shape index (κ3) is 9.20. The van der Waals surface area contributed by atoms with Crippen LogP contribution in [-0.2, 0) is 34.0 Å². The van der Waals surface area contributed by atoms with E-state index in [1.54, 1.807) is 84.9 Å². The van der Waals surface area contributed by atoms with E-state index in [0.717, 1.165) is 22.9 Å². The van der Waals surface area contributed by atoms with Crippen LogP contribution in [0, 0.1) is 6.92 Å². The Balaban J connectivity index is 0.000000181. The molecule has 0 saturated heterocycles. The molecule has 17 heteroatoms. The SMILES string of the molecule is CN(C)CCOc1ccc2n[nH]c(S(=O)(=O)c3cccc4ccccc34)c2c1.Cc1ccc(S(=O)(=O)OCCOc2ccc3n[nH]c(S(=O)(=O)c4cccc5ccccc45)c3c2)cc1. The molecule has 0 aliphatic heterocycles. The number of likely N-dealkylation sites (N-methyl/N-ethyl adjacent to an activating group) is 1. The van der Waals surface area contributed by atoms with Gasteiger partial charge in [0.15, 0.2) is 10.1 Å². The van der Waals surface area contributed by atoms with Crippen molar-refractivity contribution in [3.63, 3.8) is 0 Å². The zero-order valence-electron chi connectivity index (χ0n) is 34.9. The van der Waals surface area contributed by atoms with E-state index >= 15 is 0 Å². The van der Waals surface area contributed by atoms with E-state index in [9.17, 15) is 25.3 Å². The Bertz CT molecular complexity index is 3470. The van der Waals surface area contributed by atoms with Crippen molar-refractivity contribution in [1.82, 2.24) is 25.3 Å². The Morgan fingerprint density at radius 2 is 0.984 bits per heavy atom. The van der Waals surface area contributed by atoms with Crippen LogP contribution in [0.2, 0.25) is 0 Å². The maximum atomic E-state index is 13.6. The van der Waals surface area contributed by atoms with Gasteiger partial charge in [-0.15, -0.1) is 0 Å². The normalized spacial score (nSPS) is 12.2. The molecule has 0 bridgehead atoms. The molecule has 2 heterocycles. The van der Waals surface area contributed by atoms with Gasteiger partial charge in [-0.1, -0.05) is 90.5 Å². The number of aromatic nitrogens is 4. The monoisotopic (exact) mass is 917 g/mol. The van der Waals surface area contributed by atoms with Crippen LogP contribution in [-0.4, -0.2) is 91.0 Å². The van der Waals surface area contributed by atoms with Gasteiger partial charge in [0.05, 0.1) is 25.7 Å². The molecule has 0 saturated carbocycles. The molecule has 2 aromatic heterocycles. The fourth-order valence-corrected chi connectivity index (χ4v) is 11.1. The zero-order valence-corrected chi connectivity index (χ0v) is 37.4. The number of aryl methyl sites for hydroxylation is 1. The van der Waals surface area contributed by atoms with E-state index in [2.05, 4.69) is 20.4 Å². The molecule has 0 radical (unpaired) electrons. The van der Waals surface area contributed by atoms with Crippen LogP contribution >= 0.6 is 0 Å². The van der Waals surface area contributed by atoms with Crippen molar-refractivity contribution in [1.29, 1.82) is 0 Å². The van der Waals surface area contributed by atoms with Gasteiger partial charge in [-0.25, -0.2) is 16.8 Å². The number of benzene rings is 7. The summed E-state index contributed by atoms with van der Waals surface area (Å²) in [7, 11) is -7.67. The quantitative estimate of drug-likeness (QED) is 0.0788. The number of H-pyrrole nitrogens is 2. The Morgan fingerprint density at radius 1 is 0.516 bits per heavy atom. The summed E-state index contributed by atoms with van der Waals surface area (Å²) in [6.45, 7) is 2.88. The highest BCUT2D eigenvalue weighted by Gasteiger charge is 2.27. The van der Waals surface area contributed by atoms with E-state index in [-0.39, 0.29) is 38.0 Å². The average Bonchev–Trinajstić information content (AvgIpc) is 3.93. The van der Waals surface area contributed by atoms with E-state index in [4.69, 9.17) is 13.7 Å². The molecule has 328 valence electrons. The van der Waals surface area contributed by atoms with E-state index in [0.29, 0.717) is 50.7 Å². The standard InChI is InChI=1S/C26H22N2O6S2.C21H21N3O3S/c1-18-9-12-21(13-10-18)36(31,32)34-16-15-33-20-11-14-24-23(17-20)26(28-27-24)35(29,30)25-8-4-6-19-5-2-3-7-22(19)25;1-24(2)12-13-27-16-10-11-19-18(14-16)21(23-22-19)28(25,26)20-9-5-7-15-6-3-4-8-17(15)20/h2-14,17H,15-16H2,1H3,(H,27,28);3-11,14H,12-13H2,1-2H3,(H,22,23). The maximum absolute atomic E-state index is 13.6. The van der Waals surface area contributed by atoms with Crippen molar-refractivity contribution < 1.29 is 38.9 Å². The first-order valence-corrected chi connectivity index (χ1v) is 24.4. The minimum absolute atomic E-state index is 0.0440. The van der Waals surface area contributed by atoms with Crippen LogP contribution < -0.4 is 9.47 Å². The molecular formula is C47H43N5O9S3. The second kappa shape index (κ2) is 18.2. The molecule has 9 rings (SSSR count). The number of sulfone groups is 2. The molecule has 9 aromatic rings. The van der Waals surface area contributed by atoms with E-state index in [1.165, 1.54) is 12.1 Å². The molecule has 0 spiro atoms. The number of hydrogen-bond acceptors (Lipinski definition) is 12. The van der Waals surface area contributed by atoms with Crippen LogP contribution in [0.4, 0.5) is 0 Å². The Labute approximate surface area is 370 Å². The summed E-state index contributed by atoms with van der Waals surface area (Å²) in [6.07, 6.45) is 0. The third-order valence-corrected chi connectivity index (χ3v) is 15.2. The lowest BCUT2D eigenvalue weighted by atomic mass is 10.1. The molecule has 7 aromatic carbocycles. The fourth-order valence-electron chi connectivity index (χ4n) is 7.02. The van der Waals surface area contributed by atoms with Crippen molar-refractivity contribution in [2.24, 2.45) is 0 Å². The second-order valence-corrected chi connectivity index (χ2v) is 20.3. The Hall–Kier alpha value is -6.63. The predicted molar refractivity (Wildman–Crippen MR) is 245 cm³/mol. The number of aromatic amines is 2. The minimum atomic E-state index is -3.92. The number of nitrogens with one attached hydrogen (secondary N) is 2. The van der Waals surface area contributed by atoms with Crippen LogP contribution in [0.1, 0.15) is 5.56 Å². The lowest BCUT2D eigenvalue weighted by Gasteiger charge is -2.11. The molecule has 14 nitrogen and oxygen atoms in total. The summed E-state index contributed by atoms with van der Waals surface area (Å²) >= 11 is 0. The summed E-state index contributed by atoms with van der Waals surface area (Å²) < 4.78 is 95.1. The molecule has 0 atom stereocenters. The smallest absolute Gasteiger partial charge is 0.297 e. The number of hydrogen-bond donors (Lipinski definition) is 2. The van der Waals surface area contributed by atoms with Crippen molar-refractivity contribution in [2.45, 2.75) is 31.7 Å². The summed E-state index contributed by atoms with van der Waals surface area (Å²) in [6, 6.07) is 41.6. The Morgan fingerprint density at radius 3 is 1.48 bits per heavy atom. The number of rotatable bonds is 14. The summed E-state index contributed by atoms with van der Waals surface area (Å²) in [4.78, 5) is 2.52. The molecule has 2 N–H and O–H groups in total. The first-order valence-electron chi connectivity index (χ1n) is 20.0. The Kier molecular flexibility index (Phi) is 12.5. The van der Waals surface area contributed by atoms with E-state index < -0.39 is 29.8 Å². The first kappa shape index (κ1) is 44.0. The van der Waals surface area contributed by atoms with Gasteiger partial charge in [-0.3, -0.25) is 14.4 Å². The summed E-state index contributed by atoms with van der Waals surface area (Å²) in [5.74, 6) is 0.972. The van der Waals surface area contributed by atoms with Crippen molar-refractivity contribution in [3.8, 4) is 11.5 Å². The molecule has 0 fully saturated rings. The minimum Gasteiger partial charge on any atom is -0.492 e. The van der Waals surface area contributed by atoms with Crippen LogP contribution in [0.5, 0.6) is 11.5 Å². The average molecular weight is 918 g/mol.